The number of hydrogen-bond acceptors (Lipinski definition) is 6. The molecule has 9 nitrogen and oxygen atoms in total. The minimum atomic E-state index is -4.97. The van der Waals surface area contributed by atoms with E-state index in [2.05, 4.69) is 10.6 Å². The van der Waals surface area contributed by atoms with E-state index in [4.69, 9.17) is 14.2 Å². The number of hydrogen-bond donors (Lipinski definition) is 3. The number of carboxylic acid groups (broad SMARTS) is 1. The van der Waals surface area contributed by atoms with Gasteiger partial charge in [-0.2, -0.15) is 13.2 Å². The number of aliphatic carboxylic acids is 1. The van der Waals surface area contributed by atoms with E-state index in [1.165, 1.54) is 13.2 Å². The molecule has 2 aromatic carbocycles. The standard InChI is InChI=1S/C29H29F5N2O7/c1-41-22-12-19(31)23(42-15-5-2-13(3-6-15)28(39)40)11-16(22)26(37)36-25-21-9-8-20(43-21)24(25)27(38)35-14-4-7-18(30)17(10-14)29(32,33)34/h4,7,10-13,15,20-21,24-25H,2-3,5-6,8-9H2,1H3,(H,35,38)(H,36,37)(H,39,40)/t13-,15+,20-,21+,24+,25-/m0/s1. The number of ether oxygens (including phenoxy) is 3. The van der Waals surface area contributed by atoms with Gasteiger partial charge in [-0.05, 0) is 62.8 Å². The van der Waals surface area contributed by atoms with Crippen LogP contribution in [0.2, 0.25) is 0 Å². The zero-order chi connectivity index (χ0) is 31.1. The molecule has 4 atom stereocenters. The van der Waals surface area contributed by atoms with Crippen molar-refractivity contribution in [2.45, 2.75) is 69.1 Å². The van der Waals surface area contributed by atoms with Crippen LogP contribution in [0.5, 0.6) is 11.5 Å². The van der Waals surface area contributed by atoms with Crippen molar-refractivity contribution in [3.8, 4) is 11.5 Å². The first kappa shape index (κ1) is 30.5. The van der Waals surface area contributed by atoms with Crippen molar-refractivity contribution < 1.29 is 55.7 Å². The van der Waals surface area contributed by atoms with E-state index in [9.17, 15) is 41.4 Å². The van der Waals surface area contributed by atoms with Crippen LogP contribution in [-0.2, 0) is 20.5 Å². The van der Waals surface area contributed by atoms with Crippen molar-refractivity contribution in [3.05, 3.63) is 53.1 Å². The molecule has 2 aromatic rings. The van der Waals surface area contributed by atoms with Crippen molar-refractivity contribution in [1.29, 1.82) is 0 Å². The summed E-state index contributed by atoms with van der Waals surface area (Å²) in [5.41, 5.74) is -1.89. The molecule has 2 saturated heterocycles. The van der Waals surface area contributed by atoms with Crippen LogP contribution < -0.4 is 20.1 Å². The summed E-state index contributed by atoms with van der Waals surface area (Å²) in [4.78, 5) is 37.9. The predicted molar refractivity (Wildman–Crippen MR) is 140 cm³/mol. The van der Waals surface area contributed by atoms with Crippen molar-refractivity contribution in [1.82, 2.24) is 5.32 Å². The Hall–Kier alpha value is -3.94. The number of alkyl halides is 3. The fourth-order valence-corrected chi connectivity index (χ4v) is 6.05. The highest BCUT2D eigenvalue weighted by molar-refractivity contribution is 5.99. The fraction of sp³-hybridized carbons (Fsp3) is 0.483. The highest BCUT2D eigenvalue weighted by atomic mass is 19.4. The summed E-state index contributed by atoms with van der Waals surface area (Å²) in [6.45, 7) is 0. The normalized spacial score (nSPS) is 26.6. The van der Waals surface area contributed by atoms with Crippen molar-refractivity contribution in [2.75, 3.05) is 12.4 Å². The summed E-state index contributed by atoms with van der Waals surface area (Å²) in [5, 5.41) is 14.3. The Bertz CT molecular complexity index is 1410. The Morgan fingerprint density at radius 3 is 2.28 bits per heavy atom. The average Bonchev–Trinajstić information content (AvgIpc) is 3.56. The van der Waals surface area contributed by atoms with Crippen LogP contribution in [0.15, 0.2) is 30.3 Å². The zero-order valence-corrected chi connectivity index (χ0v) is 22.9. The minimum Gasteiger partial charge on any atom is -0.496 e. The monoisotopic (exact) mass is 612 g/mol. The lowest BCUT2D eigenvalue weighted by Gasteiger charge is -2.29. The molecular weight excluding hydrogens is 583 g/mol. The summed E-state index contributed by atoms with van der Waals surface area (Å²) < 4.78 is 84.9. The molecule has 5 rings (SSSR count). The molecule has 0 spiro atoms. The molecule has 0 radical (unpaired) electrons. The van der Waals surface area contributed by atoms with Gasteiger partial charge in [0, 0.05) is 11.8 Å². The molecule has 2 amide bonds. The van der Waals surface area contributed by atoms with Crippen LogP contribution in [0.25, 0.3) is 0 Å². The topological polar surface area (TPSA) is 123 Å². The van der Waals surface area contributed by atoms with Gasteiger partial charge in [0.25, 0.3) is 5.91 Å². The van der Waals surface area contributed by atoms with Crippen LogP contribution in [-0.4, -0.2) is 54.4 Å². The van der Waals surface area contributed by atoms with E-state index in [1.807, 2.05) is 0 Å². The van der Waals surface area contributed by atoms with E-state index in [0.717, 1.165) is 12.1 Å². The van der Waals surface area contributed by atoms with E-state index in [0.29, 0.717) is 50.7 Å². The highest BCUT2D eigenvalue weighted by Crippen LogP contribution is 2.41. The summed E-state index contributed by atoms with van der Waals surface area (Å²) in [5.74, 6) is -6.41. The third-order valence-electron chi connectivity index (χ3n) is 8.23. The van der Waals surface area contributed by atoms with Crippen molar-refractivity contribution in [2.24, 2.45) is 11.8 Å². The van der Waals surface area contributed by atoms with Crippen LogP contribution in [0.3, 0.4) is 0 Å². The second-order valence-electron chi connectivity index (χ2n) is 10.9. The maximum atomic E-state index is 14.9. The lowest BCUT2D eigenvalue weighted by Crippen LogP contribution is -2.51. The maximum absolute atomic E-state index is 14.9. The first-order chi connectivity index (χ1) is 20.3. The molecule has 3 fully saturated rings. The number of rotatable bonds is 8. The molecule has 2 bridgehead atoms. The number of carboxylic acids is 1. The fourth-order valence-electron chi connectivity index (χ4n) is 6.05. The number of fused-ring (bicyclic) bond motifs is 2. The van der Waals surface area contributed by atoms with Crippen LogP contribution in [0.4, 0.5) is 27.6 Å². The van der Waals surface area contributed by atoms with Crippen molar-refractivity contribution in [3.63, 3.8) is 0 Å². The molecule has 3 aliphatic rings. The van der Waals surface area contributed by atoms with Gasteiger partial charge in [0.1, 0.15) is 11.6 Å². The molecule has 1 saturated carbocycles. The van der Waals surface area contributed by atoms with Gasteiger partial charge in [0.15, 0.2) is 11.6 Å². The van der Waals surface area contributed by atoms with Gasteiger partial charge in [-0.15, -0.1) is 0 Å². The summed E-state index contributed by atoms with van der Waals surface area (Å²) in [6.07, 6.45) is -4.08. The molecule has 3 N–H and O–H groups in total. The number of benzene rings is 2. The van der Waals surface area contributed by atoms with Gasteiger partial charge < -0.3 is 30.0 Å². The Balaban J connectivity index is 1.32. The molecule has 0 unspecified atom stereocenters. The van der Waals surface area contributed by atoms with E-state index >= 15 is 0 Å². The van der Waals surface area contributed by atoms with Gasteiger partial charge in [-0.3, -0.25) is 14.4 Å². The quantitative estimate of drug-likeness (QED) is 0.362. The molecule has 0 aromatic heterocycles. The molecule has 2 aliphatic heterocycles. The lowest BCUT2D eigenvalue weighted by molar-refractivity contribution is -0.143. The third-order valence-corrected chi connectivity index (χ3v) is 8.23. The highest BCUT2D eigenvalue weighted by Gasteiger charge is 2.53. The number of carbonyl (C=O) groups excluding carboxylic acids is 2. The lowest BCUT2D eigenvalue weighted by atomic mass is 9.83. The van der Waals surface area contributed by atoms with Crippen LogP contribution >= 0.6 is 0 Å². The number of nitrogens with one attached hydrogen (secondary N) is 2. The SMILES string of the molecule is COc1cc(F)c(O[C@H]2CC[C@@H](C(=O)O)CC2)cc1C(=O)N[C@@H]1[C@H](C(=O)Nc2ccc(F)c(C(F)(F)F)c2)[C@@H]2CC[C@H]1O2. The molecule has 1 aliphatic carbocycles. The van der Waals surface area contributed by atoms with E-state index < -0.39 is 77.3 Å². The maximum Gasteiger partial charge on any atom is 0.419 e. The second kappa shape index (κ2) is 12.0. The Labute approximate surface area is 242 Å². The largest absolute Gasteiger partial charge is 0.496 e. The number of carbonyl (C=O) groups is 3. The summed E-state index contributed by atoms with van der Waals surface area (Å²) in [7, 11) is 1.24. The smallest absolute Gasteiger partial charge is 0.419 e. The second-order valence-corrected chi connectivity index (χ2v) is 10.9. The molecular formula is C29H29F5N2O7. The van der Waals surface area contributed by atoms with Gasteiger partial charge in [-0.1, -0.05) is 0 Å². The van der Waals surface area contributed by atoms with E-state index in [-0.39, 0.29) is 22.7 Å². The number of methoxy groups -OCH3 is 1. The third kappa shape index (κ3) is 6.38. The zero-order valence-electron chi connectivity index (χ0n) is 22.9. The van der Waals surface area contributed by atoms with Crippen LogP contribution in [0.1, 0.15) is 54.4 Å². The van der Waals surface area contributed by atoms with Crippen molar-refractivity contribution >= 4 is 23.5 Å². The van der Waals surface area contributed by atoms with Gasteiger partial charge in [0.2, 0.25) is 5.91 Å². The molecule has 14 heteroatoms. The van der Waals surface area contributed by atoms with Gasteiger partial charge in [-0.25, -0.2) is 8.78 Å². The van der Waals surface area contributed by atoms with E-state index in [1.54, 1.807) is 0 Å². The Kier molecular flexibility index (Phi) is 8.50. The summed E-state index contributed by atoms with van der Waals surface area (Å²) in [6, 6.07) is 3.39. The Morgan fingerprint density at radius 1 is 0.930 bits per heavy atom. The number of amides is 2. The molecule has 232 valence electrons. The molecule has 2 heterocycles. The molecule has 43 heavy (non-hydrogen) atoms. The predicted octanol–water partition coefficient (Wildman–Crippen LogP) is 4.93. The first-order valence-corrected chi connectivity index (χ1v) is 13.8. The Morgan fingerprint density at radius 2 is 1.63 bits per heavy atom. The summed E-state index contributed by atoms with van der Waals surface area (Å²) >= 11 is 0. The van der Waals surface area contributed by atoms with Gasteiger partial charge in [0.05, 0.1) is 54.4 Å². The average molecular weight is 613 g/mol. The first-order valence-electron chi connectivity index (χ1n) is 13.8. The van der Waals surface area contributed by atoms with Crippen LogP contribution in [0, 0.1) is 23.5 Å². The number of halogens is 5. The minimum absolute atomic E-state index is 0.0894. The van der Waals surface area contributed by atoms with Gasteiger partial charge >= 0.3 is 12.1 Å². The number of anilines is 1.